The van der Waals surface area contributed by atoms with Crippen LogP contribution in [0, 0.1) is 16.2 Å². The van der Waals surface area contributed by atoms with Gasteiger partial charge in [-0.3, -0.25) is 4.57 Å². The summed E-state index contributed by atoms with van der Waals surface area (Å²) in [4.78, 5) is 23.7. The molecule has 2 N–H and O–H groups in total. The van der Waals surface area contributed by atoms with E-state index in [4.69, 9.17) is 19.6 Å². The molecular formula is C3H8N3O4P. The monoisotopic (exact) mass is 181 g/mol. The van der Waals surface area contributed by atoms with Crippen LogP contribution < -0.4 is 0 Å². The van der Waals surface area contributed by atoms with E-state index < -0.39 is 8.25 Å². The Morgan fingerprint density at radius 2 is 2.09 bits per heavy atom. The lowest BCUT2D eigenvalue weighted by Crippen LogP contribution is -2.08. The number of nitriles is 1. The average molecular weight is 181 g/mol. The van der Waals surface area contributed by atoms with Gasteiger partial charge in [-0.25, -0.2) is 5.01 Å². The van der Waals surface area contributed by atoms with Crippen molar-refractivity contribution in [1.29, 1.82) is 5.26 Å². The van der Waals surface area contributed by atoms with E-state index in [9.17, 15) is 4.91 Å². The molecule has 0 aliphatic heterocycles. The number of rotatable bonds is 2. The van der Waals surface area contributed by atoms with Crippen LogP contribution in [0.3, 0.4) is 0 Å². The minimum atomic E-state index is -3.13. The SMILES string of the molecule is CN(CC#N)N=O.O=[PH](O)O. The second kappa shape index (κ2) is 9.04. The fourth-order valence-electron chi connectivity index (χ4n) is 0.131. The van der Waals surface area contributed by atoms with Crippen molar-refractivity contribution in [3.8, 4) is 6.07 Å². The van der Waals surface area contributed by atoms with E-state index in [0.29, 0.717) is 0 Å². The van der Waals surface area contributed by atoms with Crippen LogP contribution in [-0.4, -0.2) is 28.4 Å². The summed E-state index contributed by atoms with van der Waals surface area (Å²) < 4.78 is 8.74. The molecule has 0 aliphatic carbocycles. The number of nitrogens with zero attached hydrogens (tertiary/aromatic N) is 3. The van der Waals surface area contributed by atoms with Crippen molar-refractivity contribution in [3.63, 3.8) is 0 Å². The summed E-state index contributed by atoms with van der Waals surface area (Å²) in [6, 6.07) is 1.75. The molecule has 0 heterocycles. The van der Waals surface area contributed by atoms with Crippen LogP contribution in [0.5, 0.6) is 0 Å². The van der Waals surface area contributed by atoms with Crippen LogP contribution in [0.25, 0.3) is 0 Å². The summed E-state index contributed by atoms with van der Waals surface area (Å²) in [5.41, 5.74) is 0. The first-order valence-corrected chi connectivity index (χ1v) is 3.68. The van der Waals surface area contributed by atoms with E-state index in [1.54, 1.807) is 6.07 Å². The third kappa shape index (κ3) is 27.5. The average Bonchev–Trinajstić information content (AvgIpc) is 1.87. The Balaban J connectivity index is 0. The van der Waals surface area contributed by atoms with Crippen molar-refractivity contribution in [1.82, 2.24) is 5.01 Å². The normalized spacial score (nSPS) is 7.55. The Kier molecular flexibility index (Phi) is 10.4. The van der Waals surface area contributed by atoms with Crippen LogP contribution >= 0.6 is 8.25 Å². The van der Waals surface area contributed by atoms with E-state index >= 15 is 0 Å². The lowest BCUT2D eigenvalue weighted by molar-refractivity contribution is 0.393. The van der Waals surface area contributed by atoms with Gasteiger partial charge in [0.1, 0.15) is 6.54 Å². The molecule has 0 saturated heterocycles. The van der Waals surface area contributed by atoms with E-state index in [1.165, 1.54) is 7.05 Å². The van der Waals surface area contributed by atoms with Gasteiger partial charge in [-0.2, -0.15) is 5.26 Å². The summed E-state index contributed by atoms with van der Waals surface area (Å²) in [5.74, 6) is 0. The Bertz CT molecular complexity index is 162. The third-order valence-corrected chi connectivity index (χ3v) is 0.439. The molecule has 0 radical (unpaired) electrons. The number of hydrogen-bond acceptors (Lipinski definition) is 4. The first-order chi connectivity index (χ1) is 5.04. The van der Waals surface area contributed by atoms with E-state index in [0.717, 1.165) is 5.01 Å². The molecule has 0 aromatic heterocycles. The van der Waals surface area contributed by atoms with E-state index in [2.05, 4.69) is 5.29 Å². The standard InChI is InChI=1S/C3H5N3O.H3O3P/c1-6(5-7)3-2-4;1-4(2)3/h3H2,1H3;4H,(H2,1,2,3). The lowest BCUT2D eigenvalue weighted by atomic mass is 10.7. The first-order valence-electron chi connectivity index (χ1n) is 2.37. The topological polar surface area (TPSA) is 114 Å². The first kappa shape index (κ1) is 12.7. The van der Waals surface area contributed by atoms with Gasteiger partial charge in [-0.15, -0.1) is 4.91 Å². The van der Waals surface area contributed by atoms with Gasteiger partial charge >= 0.3 is 8.25 Å². The second-order valence-electron chi connectivity index (χ2n) is 1.34. The fraction of sp³-hybridized carbons (Fsp3) is 0.667. The van der Waals surface area contributed by atoms with Crippen LogP contribution in [0.15, 0.2) is 5.29 Å². The predicted molar refractivity (Wildman–Crippen MR) is 37.5 cm³/mol. The smallest absolute Gasteiger partial charge is 0.314 e. The maximum Gasteiger partial charge on any atom is 0.314 e. The van der Waals surface area contributed by atoms with Crippen molar-refractivity contribution < 1.29 is 14.4 Å². The van der Waals surface area contributed by atoms with Gasteiger partial charge in [0.2, 0.25) is 0 Å². The largest absolute Gasteiger partial charge is 0.326 e. The number of hydrogen-bond donors (Lipinski definition) is 2. The maximum absolute atomic E-state index is 9.42. The van der Waals surface area contributed by atoms with Gasteiger partial charge in [0, 0.05) is 7.05 Å². The Hall–Kier alpha value is -0.960. The van der Waals surface area contributed by atoms with E-state index in [1.807, 2.05) is 0 Å². The summed E-state index contributed by atoms with van der Waals surface area (Å²) >= 11 is 0. The highest BCUT2D eigenvalue weighted by Gasteiger charge is 1.85. The van der Waals surface area contributed by atoms with Crippen molar-refractivity contribution in [3.05, 3.63) is 4.91 Å². The van der Waals surface area contributed by atoms with Crippen molar-refractivity contribution >= 4 is 8.25 Å². The summed E-state index contributed by atoms with van der Waals surface area (Å²) in [6.45, 7) is 0.0590. The quantitative estimate of drug-likeness (QED) is 0.256. The molecule has 0 fully saturated rings. The second-order valence-corrected chi connectivity index (χ2v) is 1.90. The molecule has 0 amide bonds. The molecule has 8 heteroatoms. The van der Waals surface area contributed by atoms with Gasteiger partial charge in [0.25, 0.3) is 0 Å². The molecule has 0 atom stereocenters. The van der Waals surface area contributed by atoms with Crippen molar-refractivity contribution in [2.45, 2.75) is 0 Å². The molecule has 0 spiro atoms. The van der Waals surface area contributed by atoms with Crippen LogP contribution in [0.1, 0.15) is 0 Å². The molecule has 7 nitrogen and oxygen atoms in total. The zero-order valence-corrected chi connectivity index (χ0v) is 6.76. The van der Waals surface area contributed by atoms with E-state index in [-0.39, 0.29) is 6.54 Å². The van der Waals surface area contributed by atoms with Crippen LogP contribution in [0.4, 0.5) is 0 Å². The Morgan fingerprint density at radius 1 is 1.73 bits per heavy atom. The predicted octanol–water partition coefficient (Wildman–Crippen LogP) is -0.516. The molecule has 0 bridgehead atoms. The van der Waals surface area contributed by atoms with Gasteiger partial charge in [-0.1, -0.05) is 0 Å². The fourth-order valence-corrected chi connectivity index (χ4v) is 0.131. The minimum absolute atomic E-state index is 0.0590. The highest BCUT2D eigenvalue weighted by Crippen LogP contribution is 1.98. The van der Waals surface area contributed by atoms with Crippen LogP contribution in [0.2, 0.25) is 0 Å². The molecule has 64 valence electrons. The Morgan fingerprint density at radius 3 is 2.18 bits per heavy atom. The highest BCUT2D eigenvalue weighted by atomic mass is 31.1. The minimum Gasteiger partial charge on any atom is -0.326 e. The van der Waals surface area contributed by atoms with Gasteiger partial charge in [-0.05, 0) is 0 Å². The summed E-state index contributed by atoms with van der Waals surface area (Å²) in [7, 11) is -1.69. The van der Waals surface area contributed by atoms with Crippen LogP contribution in [-0.2, 0) is 4.57 Å². The molecule has 0 saturated carbocycles. The molecular weight excluding hydrogens is 173 g/mol. The summed E-state index contributed by atoms with van der Waals surface area (Å²) in [6.07, 6.45) is 0. The zero-order chi connectivity index (χ0) is 9.28. The van der Waals surface area contributed by atoms with Gasteiger partial charge < -0.3 is 9.79 Å². The third-order valence-electron chi connectivity index (χ3n) is 0.439. The molecule has 0 unspecified atom stereocenters. The molecule has 0 aromatic rings. The Labute approximate surface area is 63.8 Å². The zero-order valence-electron chi connectivity index (χ0n) is 5.76. The highest BCUT2D eigenvalue weighted by molar-refractivity contribution is 7.30. The van der Waals surface area contributed by atoms with Gasteiger partial charge in [0.05, 0.1) is 11.4 Å². The maximum atomic E-state index is 9.42. The summed E-state index contributed by atoms with van der Waals surface area (Å²) in [5, 5.41) is 11.3. The van der Waals surface area contributed by atoms with Crippen molar-refractivity contribution in [2.24, 2.45) is 5.29 Å². The molecule has 0 aromatic carbocycles. The number of nitroso groups, excluding NO2 is 1. The van der Waals surface area contributed by atoms with Crippen molar-refractivity contribution in [2.75, 3.05) is 13.6 Å². The molecule has 0 aliphatic rings. The van der Waals surface area contributed by atoms with Gasteiger partial charge in [0.15, 0.2) is 0 Å². The molecule has 0 rings (SSSR count). The molecule has 11 heavy (non-hydrogen) atoms. The lowest BCUT2D eigenvalue weighted by Gasteiger charge is -1.97.